The first-order chi connectivity index (χ1) is 11.8. The fraction of sp³-hybridized carbons (Fsp3) is 0.263. The van der Waals surface area contributed by atoms with Crippen molar-refractivity contribution in [2.75, 3.05) is 0 Å². The Morgan fingerprint density at radius 1 is 1.24 bits per heavy atom. The maximum atomic E-state index is 13.1. The van der Waals surface area contributed by atoms with Gasteiger partial charge >= 0.3 is 0 Å². The lowest BCUT2D eigenvalue weighted by Gasteiger charge is -2.47. The minimum atomic E-state index is -1.99. The second-order valence-corrected chi connectivity index (χ2v) is 6.44. The second kappa shape index (κ2) is 5.87. The van der Waals surface area contributed by atoms with Crippen molar-refractivity contribution >= 4 is 5.91 Å². The standard InChI is InChI=1S/C19H17FN2O3/c1-18(2)19(24,11-21)16(14-5-3-4-6-15(14)25-18)22-17(23)12-7-9-13(20)10-8-12/h3-10,16,24H,1-2H3,(H,22,23)/t16-,19+/m0/s1. The zero-order valence-electron chi connectivity index (χ0n) is 13.8. The van der Waals surface area contributed by atoms with Crippen molar-refractivity contribution in [3.63, 3.8) is 0 Å². The molecule has 25 heavy (non-hydrogen) atoms. The smallest absolute Gasteiger partial charge is 0.251 e. The predicted octanol–water partition coefficient (Wildman–Crippen LogP) is 2.72. The summed E-state index contributed by atoms with van der Waals surface area (Å²) in [6, 6.07) is 12.8. The van der Waals surface area contributed by atoms with Crippen LogP contribution in [0.1, 0.15) is 35.8 Å². The molecule has 128 valence electrons. The van der Waals surface area contributed by atoms with Crippen LogP contribution in [0.25, 0.3) is 0 Å². The summed E-state index contributed by atoms with van der Waals surface area (Å²) in [7, 11) is 0. The molecule has 0 bridgehead atoms. The van der Waals surface area contributed by atoms with E-state index in [0.717, 1.165) is 0 Å². The molecule has 2 aromatic carbocycles. The zero-order chi connectivity index (χ0) is 18.2. The number of rotatable bonds is 2. The first-order valence-corrected chi connectivity index (χ1v) is 7.76. The maximum Gasteiger partial charge on any atom is 0.251 e. The van der Waals surface area contributed by atoms with Crippen LogP contribution < -0.4 is 10.1 Å². The van der Waals surface area contributed by atoms with Crippen molar-refractivity contribution in [2.45, 2.75) is 31.1 Å². The molecule has 1 heterocycles. The van der Waals surface area contributed by atoms with Crippen molar-refractivity contribution in [3.05, 3.63) is 65.5 Å². The molecule has 0 aliphatic carbocycles. The van der Waals surface area contributed by atoms with Gasteiger partial charge in [-0.3, -0.25) is 4.79 Å². The van der Waals surface area contributed by atoms with Crippen molar-refractivity contribution in [1.29, 1.82) is 5.26 Å². The molecule has 1 amide bonds. The highest BCUT2D eigenvalue weighted by molar-refractivity contribution is 5.94. The van der Waals surface area contributed by atoms with E-state index in [1.165, 1.54) is 24.3 Å². The summed E-state index contributed by atoms with van der Waals surface area (Å²) in [5, 5.41) is 23.3. The number of hydrogen-bond donors (Lipinski definition) is 2. The quantitative estimate of drug-likeness (QED) is 0.824. The molecule has 0 aromatic heterocycles. The molecule has 0 spiro atoms. The number of nitrogens with one attached hydrogen (secondary N) is 1. The predicted molar refractivity (Wildman–Crippen MR) is 88.3 cm³/mol. The van der Waals surface area contributed by atoms with E-state index in [2.05, 4.69) is 5.32 Å². The van der Waals surface area contributed by atoms with E-state index in [-0.39, 0.29) is 5.56 Å². The molecule has 2 N–H and O–H groups in total. The SMILES string of the molecule is CC1(C)Oc2ccccc2[C@H](NC(=O)c2ccc(F)cc2)[C@]1(O)C#N. The van der Waals surface area contributed by atoms with Gasteiger partial charge in [0.2, 0.25) is 5.60 Å². The van der Waals surface area contributed by atoms with Gasteiger partial charge in [0.25, 0.3) is 5.91 Å². The molecule has 2 atom stereocenters. The number of carbonyl (C=O) groups excluding carboxylic acids is 1. The largest absolute Gasteiger partial charge is 0.483 e. The Labute approximate surface area is 144 Å². The zero-order valence-corrected chi connectivity index (χ0v) is 13.8. The van der Waals surface area contributed by atoms with Crippen LogP contribution in [-0.4, -0.2) is 22.2 Å². The molecule has 1 aliphatic rings. The van der Waals surface area contributed by atoms with E-state index in [1.807, 2.05) is 6.07 Å². The molecule has 0 unspecified atom stereocenters. The highest BCUT2D eigenvalue weighted by Gasteiger charge is 2.57. The van der Waals surface area contributed by atoms with Crippen molar-refractivity contribution in [1.82, 2.24) is 5.32 Å². The number of hydrogen-bond acceptors (Lipinski definition) is 4. The van der Waals surface area contributed by atoms with Gasteiger partial charge in [-0.2, -0.15) is 5.26 Å². The summed E-state index contributed by atoms with van der Waals surface area (Å²) in [6.07, 6.45) is 0. The first kappa shape index (κ1) is 16.9. The van der Waals surface area contributed by atoms with E-state index in [1.54, 1.807) is 38.1 Å². The van der Waals surface area contributed by atoms with Gasteiger partial charge in [-0.1, -0.05) is 18.2 Å². The molecule has 1 aliphatic heterocycles. The maximum absolute atomic E-state index is 13.1. The second-order valence-electron chi connectivity index (χ2n) is 6.44. The minimum Gasteiger partial charge on any atom is -0.483 e. The fourth-order valence-corrected chi connectivity index (χ4v) is 2.93. The lowest BCUT2D eigenvalue weighted by molar-refractivity contribution is -0.112. The molecule has 6 heteroatoms. The lowest BCUT2D eigenvalue weighted by atomic mass is 9.75. The van der Waals surface area contributed by atoms with Crippen LogP contribution in [0.2, 0.25) is 0 Å². The lowest BCUT2D eigenvalue weighted by Crippen LogP contribution is -2.63. The Kier molecular flexibility index (Phi) is 3.97. The van der Waals surface area contributed by atoms with Crippen LogP contribution in [0.15, 0.2) is 48.5 Å². The van der Waals surface area contributed by atoms with Gasteiger partial charge in [0.15, 0.2) is 0 Å². The normalized spacial score (nSPS) is 23.7. The average molecular weight is 340 g/mol. The Bertz CT molecular complexity index is 858. The molecular weight excluding hydrogens is 323 g/mol. The number of fused-ring (bicyclic) bond motifs is 1. The summed E-state index contributed by atoms with van der Waals surface area (Å²) in [5.74, 6) is -0.495. The number of para-hydroxylation sites is 1. The molecule has 0 fully saturated rings. The molecule has 0 saturated heterocycles. The van der Waals surface area contributed by atoms with Crippen LogP contribution in [0.3, 0.4) is 0 Å². The van der Waals surface area contributed by atoms with Gasteiger partial charge in [0, 0.05) is 11.1 Å². The summed E-state index contributed by atoms with van der Waals surface area (Å²) < 4.78 is 18.8. The van der Waals surface area contributed by atoms with Gasteiger partial charge in [-0.25, -0.2) is 4.39 Å². The molecule has 5 nitrogen and oxygen atoms in total. The first-order valence-electron chi connectivity index (χ1n) is 7.76. The summed E-state index contributed by atoms with van der Waals surface area (Å²) in [4.78, 5) is 12.6. The number of halogens is 1. The van der Waals surface area contributed by atoms with Gasteiger partial charge in [0.05, 0.1) is 0 Å². The Morgan fingerprint density at radius 2 is 1.88 bits per heavy atom. The monoisotopic (exact) mass is 340 g/mol. The van der Waals surface area contributed by atoms with Gasteiger partial charge < -0.3 is 15.2 Å². The van der Waals surface area contributed by atoms with Crippen LogP contribution in [0.4, 0.5) is 4.39 Å². The molecule has 0 radical (unpaired) electrons. The average Bonchev–Trinajstić information content (AvgIpc) is 2.59. The number of ether oxygens (including phenoxy) is 1. The Balaban J connectivity index is 2.03. The Hall–Kier alpha value is -2.91. The van der Waals surface area contributed by atoms with Gasteiger partial charge in [-0.05, 0) is 44.2 Å². The number of benzene rings is 2. The van der Waals surface area contributed by atoms with E-state index in [4.69, 9.17) is 4.74 Å². The molecule has 3 rings (SSSR count). The molecular formula is C19H17FN2O3. The van der Waals surface area contributed by atoms with Crippen molar-refractivity contribution in [2.24, 2.45) is 0 Å². The van der Waals surface area contributed by atoms with E-state index >= 15 is 0 Å². The van der Waals surface area contributed by atoms with Crippen LogP contribution in [-0.2, 0) is 0 Å². The molecule has 2 aromatic rings. The van der Waals surface area contributed by atoms with E-state index < -0.39 is 29.0 Å². The van der Waals surface area contributed by atoms with Crippen molar-refractivity contribution < 1.29 is 19.0 Å². The highest BCUT2D eigenvalue weighted by Crippen LogP contribution is 2.46. The summed E-state index contributed by atoms with van der Waals surface area (Å²) in [5.41, 5.74) is -2.52. The van der Waals surface area contributed by atoms with Gasteiger partial charge in [-0.15, -0.1) is 0 Å². The summed E-state index contributed by atoms with van der Waals surface area (Å²) >= 11 is 0. The number of amides is 1. The third-order valence-corrected chi connectivity index (χ3v) is 4.48. The third-order valence-electron chi connectivity index (χ3n) is 4.48. The van der Waals surface area contributed by atoms with Crippen molar-refractivity contribution in [3.8, 4) is 11.8 Å². The van der Waals surface area contributed by atoms with Crippen LogP contribution in [0, 0.1) is 17.1 Å². The molecule has 0 saturated carbocycles. The highest BCUT2D eigenvalue weighted by atomic mass is 19.1. The van der Waals surface area contributed by atoms with E-state index in [0.29, 0.717) is 11.3 Å². The number of aliphatic hydroxyl groups is 1. The number of nitrogens with zero attached hydrogens (tertiary/aromatic N) is 1. The Morgan fingerprint density at radius 3 is 2.52 bits per heavy atom. The van der Waals surface area contributed by atoms with Crippen LogP contribution >= 0.6 is 0 Å². The van der Waals surface area contributed by atoms with Crippen LogP contribution in [0.5, 0.6) is 5.75 Å². The number of nitriles is 1. The topological polar surface area (TPSA) is 82.3 Å². The summed E-state index contributed by atoms with van der Waals surface area (Å²) in [6.45, 7) is 3.17. The fourth-order valence-electron chi connectivity index (χ4n) is 2.93. The van der Waals surface area contributed by atoms with Gasteiger partial charge in [0.1, 0.15) is 29.3 Å². The minimum absolute atomic E-state index is 0.225. The third kappa shape index (κ3) is 2.73. The van der Waals surface area contributed by atoms with E-state index in [9.17, 15) is 19.6 Å². The number of carbonyl (C=O) groups is 1.